The van der Waals surface area contributed by atoms with Gasteiger partial charge in [0.1, 0.15) is 5.60 Å². The molecule has 206 valence electrons. The minimum atomic E-state index is -4.95. The van der Waals surface area contributed by atoms with Crippen molar-refractivity contribution in [2.45, 2.75) is 55.1 Å². The molecule has 0 aliphatic carbocycles. The number of fused-ring (bicyclic) bond motifs is 1. The van der Waals surface area contributed by atoms with Crippen LogP contribution in [0.1, 0.15) is 35.1 Å². The van der Waals surface area contributed by atoms with Gasteiger partial charge in [0.2, 0.25) is 10.0 Å². The van der Waals surface area contributed by atoms with Gasteiger partial charge in [-0.2, -0.15) is 22.7 Å². The summed E-state index contributed by atoms with van der Waals surface area (Å²) in [5, 5.41) is 11.5. The van der Waals surface area contributed by atoms with Gasteiger partial charge in [-0.1, -0.05) is 18.2 Å². The fraction of sp³-hybridized carbons (Fsp3) is 0.423. The zero-order chi connectivity index (χ0) is 28.0. The molecule has 39 heavy (non-hydrogen) atoms. The molecule has 2 saturated heterocycles. The predicted molar refractivity (Wildman–Crippen MR) is 131 cm³/mol. The fourth-order valence-electron chi connectivity index (χ4n) is 5.30. The first-order chi connectivity index (χ1) is 18.4. The van der Waals surface area contributed by atoms with Crippen molar-refractivity contribution in [3.05, 3.63) is 64.7 Å². The topological polar surface area (TPSA) is 120 Å². The highest BCUT2D eigenvalue weighted by Gasteiger charge is 2.49. The number of rotatable bonds is 5. The Morgan fingerprint density at radius 3 is 2.46 bits per heavy atom. The maximum atomic E-state index is 13.4. The van der Waals surface area contributed by atoms with Gasteiger partial charge in [-0.15, -0.1) is 0 Å². The highest BCUT2D eigenvalue weighted by Crippen LogP contribution is 2.36. The quantitative estimate of drug-likeness (QED) is 0.595. The second kappa shape index (κ2) is 9.93. The summed E-state index contributed by atoms with van der Waals surface area (Å²) in [5.74, 6) is -1.85. The van der Waals surface area contributed by atoms with E-state index in [2.05, 4.69) is 5.32 Å². The molecule has 3 aliphatic heterocycles. The van der Waals surface area contributed by atoms with Gasteiger partial charge in [0.15, 0.2) is 0 Å². The number of ketones is 1. The third-order valence-corrected chi connectivity index (χ3v) is 9.40. The number of nitrogens with zero attached hydrogens (tertiary/aromatic N) is 3. The smallest absolute Gasteiger partial charge is 0.441 e. The van der Waals surface area contributed by atoms with Crippen molar-refractivity contribution in [3.8, 4) is 6.07 Å². The lowest BCUT2D eigenvalue weighted by atomic mass is 9.92. The van der Waals surface area contributed by atoms with Crippen LogP contribution in [-0.2, 0) is 39.1 Å². The molecule has 2 fully saturated rings. The number of nitrogens with one attached hydrogen (secondary N) is 1. The summed E-state index contributed by atoms with van der Waals surface area (Å²) in [7, 11) is -3.90. The number of Topliss-reactive ketones (excluding diaryl/α,β-unsaturated/α-hetero) is 1. The van der Waals surface area contributed by atoms with Crippen LogP contribution in [-0.4, -0.2) is 67.0 Å². The minimum absolute atomic E-state index is 0.0189. The summed E-state index contributed by atoms with van der Waals surface area (Å²) in [6.45, 7) is 0.851. The maximum absolute atomic E-state index is 13.4. The van der Waals surface area contributed by atoms with Gasteiger partial charge >= 0.3 is 12.3 Å². The number of nitriles is 1. The average Bonchev–Trinajstić information content (AvgIpc) is 3.21. The van der Waals surface area contributed by atoms with E-state index in [0.717, 1.165) is 5.56 Å². The molecule has 1 atom stereocenters. The Bertz CT molecular complexity index is 1450. The minimum Gasteiger partial charge on any atom is -0.441 e. The van der Waals surface area contributed by atoms with Gasteiger partial charge in [-0.3, -0.25) is 9.69 Å². The molecule has 0 bridgehead atoms. The van der Waals surface area contributed by atoms with E-state index in [0.29, 0.717) is 42.6 Å². The highest BCUT2D eigenvalue weighted by atomic mass is 32.2. The summed E-state index contributed by atoms with van der Waals surface area (Å²) in [6, 6.07) is 11.8. The first-order valence-electron chi connectivity index (χ1n) is 12.3. The van der Waals surface area contributed by atoms with Crippen LogP contribution in [0, 0.1) is 11.3 Å². The van der Waals surface area contributed by atoms with E-state index < -0.39 is 39.7 Å². The van der Waals surface area contributed by atoms with Gasteiger partial charge in [0.05, 0.1) is 29.1 Å². The molecule has 9 nitrogen and oxygen atoms in total. The highest BCUT2D eigenvalue weighted by molar-refractivity contribution is 7.89. The van der Waals surface area contributed by atoms with Crippen LogP contribution in [0.4, 0.5) is 18.0 Å². The molecule has 1 unspecified atom stereocenters. The summed E-state index contributed by atoms with van der Waals surface area (Å²) in [6.07, 6.45) is -4.96. The second-order valence-corrected chi connectivity index (χ2v) is 12.0. The summed E-state index contributed by atoms with van der Waals surface area (Å²) in [5.41, 5.74) is 1.59. The molecule has 1 spiro atoms. The van der Waals surface area contributed by atoms with Crippen molar-refractivity contribution in [2.75, 3.05) is 19.6 Å². The number of halogens is 3. The second-order valence-electron chi connectivity index (χ2n) is 10.0. The molecule has 2 aromatic carbocycles. The third kappa shape index (κ3) is 5.36. The first kappa shape index (κ1) is 27.1. The van der Waals surface area contributed by atoms with Crippen LogP contribution in [0.3, 0.4) is 0 Å². The Morgan fingerprint density at radius 1 is 1.13 bits per heavy atom. The van der Waals surface area contributed by atoms with Crippen molar-refractivity contribution in [3.63, 3.8) is 0 Å². The van der Waals surface area contributed by atoms with Crippen LogP contribution < -0.4 is 5.32 Å². The zero-order valence-corrected chi connectivity index (χ0v) is 21.5. The molecular formula is C26H25F3N4O5S. The molecule has 1 amide bonds. The number of alkyl halides is 3. The molecule has 5 rings (SSSR count). The molecule has 1 N–H and O–H groups in total. The average molecular weight is 563 g/mol. The normalized spacial score (nSPS) is 21.3. The SMILES string of the molecule is N#Cc1ccc(CN2CC3(CCN(S(=O)(=O)c4ccc5c(c4)CNC(C(=O)C(F)(F)F)C5)CC3)OC2=O)cc1. The third-order valence-electron chi connectivity index (χ3n) is 7.51. The van der Waals surface area contributed by atoms with Crippen molar-refractivity contribution in [2.24, 2.45) is 0 Å². The molecule has 0 radical (unpaired) electrons. The van der Waals surface area contributed by atoms with E-state index in [9.17, 15) is 31.2 Å². The molecule has 13 heteroatoms. The number of ether oxygens (including phenoxy) is 1. The Balaban J connectivity index is 1.22. The summed E-state index contributed by atoms with van der Waals surface area (Å²) >= 11 is 0. The van der Waals surface area contributed by atoms with Crippen LogP contribution in [0.25, 0.3) is 0 Å². The summed E-state index contributed by atoms with van der Waals surface area (Å²) < 4.78 is 72.2. The van der Waals surface area contributed by atoms with Crippen LogP contribution in [0.2, 0.25) is 0 Å². The standard InChI is InChI=1S/C26H25F3N4O5S/c27-26(28,29)23(34)22-12-19-5-6-21(11-20(19)14-31-22)39(36,37)33-9-7-25(8-10-33)16-32(24(35)38-25)15-18-3-1-17(13-30)2-4-18/h1-6,11,22,31H,7-10,12,14-16H2. The maximum Gasteiger partial charge on any atom is 0.451 e. The van der Waals surface area contributed by atoms with Gasteiger partial charge in [0.25, 0.3) is 5.78 Å². The van der Waals surface area contributed by atoms with Gasteiger partial charge in [-0.05, 0) is 47.4 Å². The molecule has 3 heterocycles. The first-order valence-corrected chi connectivity index (χ1v) is 13.8. The Kier molecular flexibility index (Phi) is 6.90. The van der Waals surface area contributed by atoms with E-state index >= 15 is 0 Å². The van der Waals surface area contributed by atoms with Crippen molar-refractivity contribution in [1.29, 1.82) is 5.26 Å². The van der Waals surface area contributed by atoms with Gasteiger partial charge in [0, 0.05) is 39.0 Å². The van der Waals surface area contributed by atoms with E-state index in [1.54, 1.807) is 29.2 Å². The number of sulfonamides is 1. The van der Waals surface area contributed by atoms with E-state index in [1.807, 2.05) is 6.07 Å². The Hall–Kier alpha value is -3.47. The number of piperidine rings is 1. The van der Waals surface area contributed by atoms with Crippen LogP contribution >= 0.6 is 0 Å². The largest absolute Gasteiger partial charge is 0.451 e. The number of amides is 1. The zero-order valence-electron chi connectivity index (χ0n) is 20.7. The lowest BCUT2D eigenvalue weighted by Crippen LogP contribution is -2.49. The fourth-order valence-corrected chi connectivity index (χ4v) is 6.79. The van der Waals surface area contributed by atoms with E-state index in [1.165, 1.54) is 22.5 Å². The van der Waals surface area contributed by atoms with Crippen LogP contribution in [0.5, 0.6) is 0 Å². The predicted octanol–water partition coefficient (Wildman–Crippen LogP) is 2.88. The summed E-state index contributed by atoms with van der Waals surface area (Å²) in [4.78, 5) is 25.7. The number of carbonyl (C=O) groups excluding carboxylic acids is 2. The Morgan fingerprint density at radius 2 is 1.82 bits per heavy atom. The molecule has 0 aromatic heterocycles. The Labute approximate surface area is 223 Å². The monoisotopic (exact) mass is 562 g/mol. The van der Waals surface area contributed by atoms with Gasteiger partial charge < -0.3 is 10.1 Å². The number of hydrogen-bond donors (Lipinski definition) is 1. The number of carbonyl (C=O) groups is 2. The molecule has 0 saturated carbocycles. The van der Waals surface area contributed by atoms with Crippen molar-refractivity contribution < 1.29 is 35.9 Å². The molecule has 3 aliphatic rings. The number of hydrogen-bond acceptors (Lipinski definition) is 7. The van der Waals surface area contributed by atoms with Crippen molar-refractivity contribution >= 4 is 21.9 Å². The van der Waals surface area contributed by atoms with Crippen LogP contribution in [0.15, 0.2) is 47.4 Å². The lowest BCUT2D eigenvalue weighted by Gasteiger charge is -2.36. The number of benzene rings is 2. The van der Waals surface area contributed by atoms with Gasteiger partial charge in [-0.25, -0.2) is 13.2 Å². The van der Waals surface area contributed by atoms with E-state index in [-0.39, 0.29) is 31.0 Å². The lowest BCUT2D eigenvalue weighted by molar-refractivity contribution is -0.173. The molecular weight excluding hydrogens is 537 g/mol. The van der Waals surface area contributed by atoms with E-state index in [4.69, 9.17) is 10.00 Å². The van der Waals surface area contributed by atoms with Crippen molar-refractivity contribution in [1.82, 2.24) is 14.5 Å². The molecule has 2 aromatic rings.